The molecule has 0 aliphatic carbocycles. The number of nitrogens with one attached hydrogen (secondary N) is 1. The van der Waals surface area contributed by atoms with Crippen molar-refractivity contribution in [3.8, 4) is 0 Å². The molecule has 3 aromatic rings. The number of halogens is 1. The number of benzene rings is 1. The van der Waals surface area contributed by atoms with E-state index in [0.717, 1.165) is 59.5 Å². The largest absolute Gasteiger partial charge is 0.349 e. The molecule has 3 heterocycles. The van der Waals surface area contributed by atoms with E-state index in [-0.39, 0.29) is 11.9 Å². The Hall–Kier alpha value is -1.95. The van der Waals surface area contributed by atoms with E-state index in [9.17, 15) is 4.79 Å². The summed E-state index contributed by atoms with van der Waals surface area (Å²) in [5.74, 6) is 0.0333. The lowest BCUT2D eigenvalue weighted by molar-refractivity contribution is 0.0909. The molecule has 1 aliphatic heterocycles. The van der Waals surface area contributed by atoms with E-state index in [1.807, 2.05) is 41.2 Å². The number of aromatic nitrogens is 1. The number of carbonyl (C=O) groups excluding carboxylic acids is 1. The molecule has 4 nitrogen and oxygen atoms in total. The first-order valence-electron chi connectivity index (χ1n) is 8.78. The first-order chi connectivity index (χ1) is 12.7. The van der Waals surface area contributed by atoms with Crippen molar-refractivity contribution in [1.29, 1.82) is 0 Å². The first kappa shape index (κ1) is 17.5. The quantitative estimate of drug-likeness (QED) is 0.726. The van der Waals surface area contributed by atoms with Gasteiger partial charge in [0.25, 0.3) is 5.91 Å². The van der Waals surface area contributed by atoms with Crippen LogP contribution >= 0.6 is 22.9 Å². The maximum absolute atomic E-state index is 12.2. The predicted octanol–water partition coefficient (Wildman–Crippen LogP) is 4.34. The van der Waals surface area contributed by atoms with Gasteiger partial charge in [0.2, 0.25) is 0 Å². The molecule has 0 bridgehead atoms. The van der Waals surface area contributed by atoms with Crippen LogP contribution in [0.15, 0.2) is 47.3 Å². The van der Waals surface area contributed by atoms with Gasteiger partial charge in [0.05, 0.1) is 5.52 Å². The van der Waals surface area contributed by atoms with Crippen LogP contribution < -0.4 is 5.32 Å². The van der Waals surface area contributed by atoms with E-state index in [1.54, 1.807) is 11.3 Å². The van der Waals surface area contributed by atoms with Gasteiger partial charge in [-0.05, 0) is 36.4 Å². The second-order valence-corrected chi connectivity index (χ2v) is 7.82. The molecular formula is C20H20ClN3OS. The first-order valence-corrected chi connectivity index (χ1v) is 10.1. The molecule has 2 aromatic heterocycles. The number of piperidine rings is 1. The van der Waals surface area contributed by atoms with Crippen molar-refractivity contribution in [2.75, 3.05) is 13.1 Å². The van der Waals surface area contributed by atoms with Crippen molar-refractivity contribution in [3.05, 3.63) is 63.4 Å². The molecule has 0 radical (unpaired) electrons. The molecule has 1 aromatic carbocycles. The molecule has 26 heavy (non-hydrogen) atoms. The van der Waals surface area contributed by atoms with Gasteiger partial charge in [0.15, 0.2) is 0 Å². The molecule has 1 saturated heterocycles. The van der Waals surface area contributed by atoms with Crippen LogP contribution in [-0.4, -0.2) is 34.9 Å². The van der Waals surface area contributed by atoms with Crippen LogP contribution in [0.25, 0.3) is 10.9 Å². The maximum Gasteiger partial charge on any atom is 0.252 e. The summed E-state index contributed by atoms with van der Waals surface area (Å²) >= 11 is 8.00. The van der Waals surface area contributed by atoms with Crippen LogP contribution in [0.2, 0.25) is 5.02 Å². The van der Waals surface area contributed by atoms with Crippen LogP contribution in [0.5, 0.6) is 0 Å². The smallest absolute Gasteiger partial charge is 0.252 e. The standard InChI is InChI=1S/C20H20ClN3OS/c21-18-4-3-14-2-1-8-22-19(14)17(18)12-24-9-5-16(6-10-24)23-20(25)15-7-11-26-13-15/h1-4,7-8,11,13,16H,5-6,9-10,12H2,(H,23,25). The Morgan fingerprint density at radius 1 is 1.27 bits per heavy atom. The van der Waals surface area contributed by atoms with Crippen molar-refractivity contribution in [1.82, 2.24) is 15.2 Å². The summed E-state index contributed by atoms with van der Waals surface area (Å²) in [5.41, 5.74) is 2.82. The zero-order valence-electron chi connectivity index (χ0n) is 14.3. The van der Waals surface area contributed by atoms with Crippen LogP contribution in [0, 0.1) is 0 Å². The number of rotatable bonds is 4. The third kappa shape index (κ3) is 3.75. The van der Waals surface area contributed by atoms with Gasteiger partial charge >= 0.3 is 0 Å². The Morgan fingerprint density at radius 2 is 2.12 bits per heavy atom. The van der Waals surface area contributed by atoms with E-state index in [4.69, 9.17) is 11.6 Å². The number of hydrogen-bond donors (Lipinski definition) is 1. The summed E-state index contributed by atoms with van der Waals surface area (Å²) in [5, 5.41) is 8.85. The Morgan fingerprint density at radius 3 is 2.88 bits per heavy atom. The summed E-state index contributed by atoms with van der Waals surface area (Å²) in [7, 11) is 0. The van der Waals surface area contributed by atoms with Crippen LogP contribution in [-0.2, 0) is 6.54 Å². The van der Waals surface area contributed by atoms with Crippen LogP contribution in [0.1, 0.15) is 28.8 Å². The van der Waals surface area contributed by atoms with E-state index in [0.29, 0.717) is 0 Å². The van der Waals surface area contributed by atoms with Crippen molar-refractivity contribution in [2.24, 2.45) is 0 Å². The Bertz CT molecular complexity index is 905. The average molecular weight is 386 g/mol. The summed E-state index contributed by atoms with van der Waals surface area (Å²) in [6, 6.07) is 10.1. The van der Waals surface area contributed by atoms with Gasteiger partial charge < -0.3 is 5.32 Å². The molecular weight excluding hydrogens is 366 g/mol. The van der Waals surface area contributed by atoms with Gasteiger partial charge in [0, 0.05) is 58.8 Å². The Balaban J connectivity index is 1.39. The third-order valence-electron chi connectivity index (χ3n) is 4.91. The molecule has 1 aliphatic rings. The highest BCUT2D eigenvalue weighted by Crippen LogP contribution is 2.27. The molecule has 1 amide bonds. The minimum Gasteiger partial charge on any atom is -0.349 e. The number of thiophene rings is 1. The molecule has 6 heteroatoms. The topological polar surface area (TPSA) is 45.2 Å². The summed E-state index contributed by atoms with van der Waals surface area (Å²) in [4.78, 5) is 19.1. The molecule has 134 valence electrons. The lowest BCUT2D eigenvalue weighted by Crippen LogP contribution is -2.44. The minimum atomic E-state index is 0.0333. The number of fused-ring (bicyclic) bond motifs is 1. The van der Waals surface area contributed by atoms with E-state index in [2.05, 4.69) is 21.3 Å². The highest BCUT2D eigenvalue weighted by Gasteiger charge is 2.22. The Labute approximate surface area is 161 Å². The molecule has 0 saturated carbocycles. The normalized spacial score (nSPS) is 16.0. The maximum atomic E-state index is 12.2. The lowest BCUT2D eigenvalue weighted by Gasteiger charge is -2.32. The fourth-order valence-corrected chi connectivity index (χ4v) is 4.30. The Kier molecular flexibility index (Phi) is 5.20. The number of pyridine rings is 1. The van der Waals surface area contributed by atoms with Crippen molar-refractivity contribution in [2.45, 2.75) is 25.4 Å². The van der Waals surface area contributed by atoms with Gasteiger partial charge in [-0.25, -0.2) is 0 Å². The zero-order chi connectivity index (χ0) is 17.9. The molecule has 1 fully saturated rings. The monoisotopic (exact) mass is 385 g/mol. The molecule has 1 N–H and O–H groups in total. The van der Waals surface area contributed by atoms with Crippen molar-refractivity contribution in [3.63, 3.8) is 0 Å². The van der Waals surface area contributed by atoms with Gasteiger partial charge in [-0.3, -0.25) is 14.7 Å². The summed E-state index contributed by atoms with van der Waals surface area (Å²) in [6.45, 7) is 2.67. The number of amides is 1. The number of carbonyl (C=O) groups is 1. The van der Waals surface area contributed by atoms with Gasteiger partial charge in [0.1, 0.15) is 0 Å². The molecule has 0 spiro atoms. The third-order valence-corrected chi connectivity index (χ3v) is 5.95. The second kappa shape index (κ2) is 7.74. The molecule has 4 rings (SSSR count). The fraction of sp³-hybridized carbons (Fsp3) is 0.300. The minimum absolute atomic E-state index is 0.0333. The van der Waals surface area contributed by atoms with Gasteiger partial charge in [-0.1, -0.05) is 23.7 Å². The SMILES string of the molecule is O=C(NC1CCN(Cc2c(Cl)ccc3cccnc23)CC1)c1ccsc1. The number of hydrogen-bond acceptors (Lipinski definition) is 4. The molecule has 0 atom stereocenters. The van der Waals surface area contributed by atoms with Crippen molar-refractivity contribution >= 4 is 39.7 Å². The average Bonchev–Trinajstić information content (AvgIpc) is 3.20. The second-order valence-electron chi connectivity index (χ2n) is 6.64. The van der Waals surface area contributed by atoms with Crippen LogP contribution in [0.4, 0.5) is 0 Å². The number of likely N-dealkylation sites (tertiary alicyclic amines) is 1. The van der Waals surface area contributed by atoms with E-state index < -0.39 is 0 Å². The van der Waals surface area contributed by atoms with E-state index >= 15 is 0 Å². The van der Waals surface area contributed by atoms with Gasteiger partial charge in [-0.2, -0.15) is 11.3 Å². The predicted molar refractivity (Wildman–Crippen MR) is 107 cm³/mol. The van der Waals surface area contributed by atoms with Crippen LogP contribution in [0.3, 0.4) is 0 Å². The van der Waals surface area contributed by atoms with E-state index in [1.165, 1.54) is 0 Å². The lowest BCUT2D eigenvalue weighted by atomic mass is 10.0. The number of nitrogens with zero attached hydrogens (tertiary/aromatic N) is 2. The van der Waals surface area contributed by atoms with Crippen molar-refractivity contribution < 1.29 is 4.79 Å². The van der Waals surface area contributed by atoms with Gasteiger partial charge in [-0.15, -0.1) is 0 Å². The fourth-order valence-electron chi connectivity index (χ4n) is 3.45. The highest BCUT2D eigenvalue weighted by atomic mass is 35.5. The zero-order valence-corrected chi connectivity index (χ0v) is 15.9. The summed E-state index contributed by atoms with van der Waals surface area (Å²) < 4.78 is 0. The summed E-state index contributed by atoms with van der Waals surface area (Å²) in [6.07, 6.45) is 3.71. The highest BCUT2D eigenvalue weighted by molar-refractivity contribution is 7.08. The molecule has 0 unspecified atom stereocenters.